The maximum absolute atomic E-state index is 5.88. The van der Waals surface area contributed by atoms with Crippen molar-refractivity contribution in [2.24, 2.45) is 0 Å². The fourth-order valence-corrected chi connectivity index (χ4v) is 2.01. The van der Waals surface area contributed by atoms with Gasteiger partial charge in [-0.2, -0.15) is 0 Å². The van der Waals surface area contributed by atoms with Crippen molar-refractivity contribution in [2.45, 2.75) is 6.42 Å². The van der Waals surface area contributed by atoms with Crippen molar-refractivity contribution in [1.29, 1.82) is 0 Å². The minimum Gasteiger partial charge on any atom is -0.497 e. The Bertz CT molecular complexity index is 540. The Balaban J connectivity index is 1.88. The zero-order valence-corrected chi connectivity index (χ0v) is 11.6. The third-order valence-electron chi connectivity index (χ3n) is 2.90. The van der Waals surface area contributed by atoms with Gasteiger partial charge in [0.05, 0.1) is 18.5 Å². The number of benzene rings is 2. The minimum absolute atomic E-state index is 0.651. The number of nitrogen functional groups attached to an aromatic ring is 1. The molecule has 4 heteroatoms. The van der Waals surface area contributed by atoms with E-state index in [-0.39, 0.29) is 0 Å². The highest BCUT2D eigenvalue weighted by Crippen LogP contribution is 2.22. The van der Waals surface area contributed by atoms with E-state index < -0.39 is 0 Å². The van der Waals surface area contributed by atoms with Crippen LogP contribution in [0.3, 0.4) is 0 Å². The van der Waals surface area contributed by atoms with Crippen LogP contribution in [-0.2, 0) is 6.42 Å². The van der Waals surface area contributed by atoms with E-state index >= 15 is 0 Å². The van der Waals surface area contributed by atoms with E-state index in [9.17, 15) is 0 Å². The number of methoxy groups -OCH3 is 1. The standard InChI is InChI=1S/C15H17ClN2O/c1-19-13-5-2-11(3-6-13)8-9-18-15-7-4-12(16)10-14(15)17/h2-7,10,18H,8-9,17H2,1H3. The van der Waals surface area contributed by atoms with Crippen molar-refractivity contribution >= 4 is 23.0 Å². The quantitative estimate of drug-likeness (QED) is 0.821. The molecule has 0 heterocycles. The van der Waals surface area contributed by atoms with Crippen molar-refractivity contribution in [3.05, 3.63) is 53.1 Å². The monoisotopic (exact) mass is 276 g/mol. The molecule has 0 saturated carbocycles. The topological polar surface area (TPSA) is 47.3 Å². The Morgan fingerprint density at radius 1 is 1.16 bits per heavy atom. The molecule has 0 aromatic heterocycles. The molecule has 0 amide bonds. The predicted molar refractivity (Wildman–Crippen MR) is 81.1 cm³/mol. The normalized spacial score (nSPS) is 10.2. The summed E-state index contributed by atoms with van der Waals surface area (Å²) >= 11 is 5.86. The first-order valence-corrected chi connectivity index (χ1v) is 6.48. The van der Waals surface area contributed by atoms with Crippen LogP contribution in [0, 0.1) is 0 Å². The van der Waals surface area contributed by atoms with Gasteiger partial charge in [0.15, 0.2) is 0 Å². The van der Waals surface area contributed by atoms with E-state index in [1.807, 2.05) is 24.3 Å². The van der Waals surface area contributed by atoms with Crippen LogP contribution in [0.15, 0.2) is 42.5 Å². The van der Waals surface area contributed by atoms with E-state index in [0.717, 1.165) is 24.4 Å². The maximum Gasteiger partial charge on any atom is 0.118 e. The lowest BCUT2D eigenvalue weighted by Gasteiger charge is -2.09. The van der Waals surface area contributed by atoms with Gasteiger partial charge in [-0.3, -0.25) is 0 Å². The van der Waals surface area contributed by atoms with Crippen LogP contribution < -0.4 is 15.8 Å². The first-order valence-electron chi connectivity index (χ1n) is 6.11. The van der Waals surface area contributed by atoms with Crippen molar-refractivity contribution in [3.63, 3.8) is 0 Å². The smallest absolute Gasteiger partial charge is 0.118 e. The predicted octanol–water partition coefficient (Wildman–Crippen LogP) is 3.59. The molecule has 0 spiro atoms. The molecule has 0 radical (unpaired) electrons. The second kappa shape index (κ2) is 6.34. The third kappa shape index (κ3) is 3.80. The Morgan fingerprint density at radius 2 is 1.89 bits per heavy atom. The SMILES string of the molecule is COc1ccc(CCNc2ccc(Cl)cc2N)cc1. The summed E-state index contributed by atoms with van der Waals surface area (Å²) in [5, 5.41) is 3.95. The van der Waals surface area contributed by atoms with Crippen LogP contribution in [0.5, 0.6) is 5.75 Å². The Hall–Kier alpha value is -1.87. The van der Waals surface area contributed by atoms with Crippen molar-refractivity contribution in [3.8, 4) is 5.75 Å². The first kappa shape index (κ1) is 13.6. The first-order chi connectivity index (χ1) is 9.19. The van der Waals surface area contributed by atoms with Gasteiger partial charge in [0, 0.05) is 11.6 Å². The molecule has 0 aliphatic rings. The molecule has 2 aromatic rings. The van der Waals surface area contributed by atoms with Crippen molar-refractivity contribution in [1.82, 2.24) is 0 Å². The van der Waals surface area contributed by atoms with Crippen LogP contribution >= 0.6 is 11.6 Å². The second-order valence-electron chi connectivity index (χ2n) is 4.26. The summed E-state index contributed by atoms with van der Waals surface area (Å²) in [6.45, 7) is 0.818. The molecule has 0 aliphatic heterocycles. The van der Waals surface area contributed by atoms with E-state index in [2.05, 4.69) is 17.4 Å². The van der Waals surface area contributed by atoms with Gasteiger partial charge in [-0.25, -0.2) is 0 Å². The van der Waals surface area contributed by atoms with Crippen molar-refractivity contribution in [2.75, 3.05) is 24.7 Å². The van der Waals surface area contributed by atoms with Crippen LogP contribution in [0.2, 0.25) is 5.02 Å². The molecule has 2 rings (SSSR count). The van der Waals surface area contributed by atoms with Gasteiger partial charge in [0.25, 0.3) is 0 Å². The second-order valence-corrected chi connectivity index (χ2v) is 4.69. The fraction of sp³-hybridized carbons (Fsp3) is 0.200. The molecule has 0 bridgehead atoms. The fourth-order valence-electron chi connectivity index (χ4n) is 1.83. The van der Waals surface area contributed by atoms with E-state index in [1.54, 1.807) is 13.2 Å². The molecule has 0 atom stereocenters. The molecule has 19 heavy (non-hydrogen) atoms. The highest BCUT2D eigenvalue weighted by atomic mass is 35.5. The summed E-state index contributed by atoms with van der Waals surface area (Å²) in [6, 6.07) is 13.5. The summed E-state index contributed by atoms with van der Waals surface area (Å²) in [6.07, 6.45) is 0.923. The molecular formula is C15H17ClN2O. The maximum atomic E-state index is 5.88. The van der Waals surface area contributed by atoms with Gasteiger partial charge >= 0.3 is 0 Å². The highest BCUT2D eigenvalue weighted by Gasteiger charge is 2.00. The number of rotatable bonds is 5. The lowest BCUT2D eigenvalue weighted by atomic mass is 10.1. The molecule has 2 aromatic carbocycles. The highest BCUT2D eigenvalue weighted by molar-refractivity contribution is 6.31. The third-order valence-corrected chi connectivity index (χ3v) is 3.14. The largest absolute Gasteiger partial charge is 0.497 e. The Morgan fingerprint density at radius 3 is 2.53 bits per heavy atom. The summed E-state index contributed by atoms with van der Waals surface area (Å²) in [4.78, 5) is 0. The molecule has 0 unspecified atom stereocenters. The zero-order valence-electron chi connectivity index (χ0n) is 10.8. The van der Waals surface area contributed by atoms with Crippen LogP contribution in [0.1, 0.15) is 5.56 Å². The van der Waals surface area contributed by atoms with Crippen LogP contribution in [0.25, 0.3) is 0 Å². The van der Waals surface area contributed by atoms with E-state index in [0.29, 0.717) is 10.7 Å². The summed E-state index contributed by atoms with van der Waals surface area (Å²) in [5.41, 5.74) is 8.71. The molecule has 3 N–H and O–H groups in total. The summed E-state index contributed by atoms with van der Waals surface area (Å²) in [5.74, 6) is 0.874. The average Bonchev–Trinajstić information content (AvgIpc) is 2.42. The lowest BCUT2D eigenvalue weighted by Crippen LogP contribution is -2.06. The van der Waals surface area contributed by atoms with Crippen LogP contribution in [-0.4, -0.2) is 13.7 Å². The number of hydrogen-bond donors (Lipinski definition) is 2. The number of halogens is 1. The molecule has 0 aliphatic carbocycles. The summed E-state index contributed by atoms with van der Waals surface area (Å²) in [7, 11) is 1.67. The average molecular weight is 277 g/mol. The molecule has 100 valence electrons. The number of nitrogens with two attached hydrogens (primary N) is 1. The Labute approximate surface area is 118 Å². The Kier molecular flexibility index (Phi) is 4.53. The number of hydrogen-bond acceptors (Lipinski definition) is 3. The summed E-state index contributed by atoms with van der Waals surface area (Å²) < 4.78 is 5.13. The van der Waals surface area contributed by atoms with Crippen molar-refractivity contribution < 1.29 is 4.74 Å². The number of anilines is 2. The zero-order chi connectivity index (χ0) is 13.7. The van der Waals surface area contributed by atoms with Gasteiger partial charge in [0.2, 0.25) is 0 Å². The minimum atomic E-state index is 0.651. The molecular weight excluding hydrogens is 260 g/mol. The molecule has 0 fully saturated rings. The van der Waals surface area contributed by atoms with Gasteiger partial charge in [-0.1, -0.05) is 23.7 Å². The van der Waals surface area contributed by atoms with Gasteiger partial charge in [-0.05, 0) is 42.3 Å². The molecule has 3 nitrogen and oxygen atoms in total. The lowest BCUT2D eigenvalue weighted by molar-refractivity contribution is 0.414. The molecule has 0 saturated heterocycles. The van der Waals surface area contributed by atoms with E-state index in [4.69, 9.17) is 22.1 Å². The van der Waals surface area contributed by atoms with Crippen LogP contribution in [0.4, 0.5) is 11.4 Å². The number of ether oxygens (including phenoxy) is 1. The van der Waals surface area contributed by atoms with Gasteiger partial charge in [0.1, 0.15) is 5.75 Å². The number of nitrogens with one attached hydrogen (secondary N) is 1. The van der Waals surface area contributed by atoms with Gasteiger partial charge in [-0.15, -0.1) is 0 Å². The van der Waals surface area contributed by atoms with E-state index in [1.165, 1.54) is 5.56 Å². The van der Waals surface area contributed by atoms with Gasteiger partial charge < -0.3 is 15.8 Å².